The zero-order valence-electron chi connectivity index (χ0n) is 57.6. The molecule has 17 nitrogen and oxygen atoms in total. The Bertz CT molecular complexity index is 1720. The molecule has 0 heterocycles. The van der Waals surface area contributed by atoms with Crippen molar-refractivity contribution >= 4 is 39.5 Å². The summed E-state index contributed by atoms with van der Waals surface area (Å²) in [5.41, 5.74) is 0. The predicted molar refractivity (Wildman–Crippen MR) is 358 cm³/mol. The highest BCUT2D eigenvalue weighted by Gasteiger charge is 2.30. The Hall–Kier alpha value is -1.94. The molecule has 2 unspecified atom stereocenters. The predicted octanol–water partition coefficient (Wildman–Crippen LogP) is 20.1. The van der Waals surface area contributed by atoms with Crippen LogP contribution in [0.5, 0.6) is 0 Å². The lowest BCUT2D eigenvalue weighted by atomic mass is 10.0. The molecule has 0 spiro atoms. The minimum Gasteiger partial charge on any atom is -0.462 e. The van der Waals surface area contributed by atoms with Gasteiger partial charge < -0.3 is 33.8 Å². The van der Waals surface area contributed by atoms with Gasteiger partial charge >= 0.3 is 39.5 Å². The van der Waals surface area contributed by atoms with Gasteiger partial charge in [0.2, 0.25) is 0 Å². The molecule has 0 aromatic heterocycles. The monoisotopic (exact) mass is 1310 g/mol. The first kappa shape index (κ1) is 87.1. The lowest BCUT2D eigenvalue weighted by Gasteiger charge is -2.21. The van der Waals surface area contributed by atoms with E-state index in [0.717, 1.165) is 89.9 Å². The maximum atomic E-state index is 13.0. The number of carbonyl (C=O) groups is 4. The normalized spacial score (nSPS) is 14.1. The van der Waals surface area contributed by atoms with Crippen LogP contribution in [0.1, 0.15) is 362 Å². The van der Waals surface area contributed by atoms with Gasteiger partial charge in [-0.05, 0) is 31.6 Å². The second kappa shape index (κ2) is 63.5. The van der Waals surface area contributed by atoms with E-state index in [1.807, 2.05) is 0 Å². The molecule has 0 aliphatic rings. The van der Waals surface area contributed by atoms with Gasteiger partial charge in [0.25, 0.3) is 0 Å². The molecule has 0 aliphatic carbocycles. The number of aliphatic hydroxyl groups excluding tert-OH is 1. The molecule has 0 amide bonds. The molecule has 528 valence electrons. The Kier molecular flexibility index (Phi) is 62.1. The minimum atomic E-state index is -4.95. The Morgan fingerprint density at radius 2 is 0.517 bits per heavy atom. The number of unbranched alkanes of at least 4 members (excludes halogenated alkanes) is 42. The zero-order valence-corrected chi connectivity index (χ0v) is 59.4. The fourth-order valence-corrected chi connectivity index (χ4v) is 12.2. The molecule has 0 radical (unpaired) electrons. The van der Waals surface area contributed by atoms with Crippen molar-refractivity contribution in [2.75, 3.05) is 39.6 Å². The van der Waals surface area contributed by atoms with E-state index in [1.54, 1.807) is 0 Å². The molecular weight excluding hydrogens is 1170 g/mol. The second-order valence-corrected chi connectivity index (χ2v) is 28.7. The Balaban J connectivity index is 5.21. The van der Waals surface area contributed by atoms with Crippen LogP contribution < -0.4 is 0 Å². The van der Waals surface area contributed by atoms with Crippen LogP contribution in [0.3, 0.4) is 0 Å². The van der Waals surface area contributed by atoms with Crippen molar-refractivity contribution in [2.24, 2.45) is 5.92 Å². The average molecular weight is 1310 g/mol. The summed E-state index contributed by atoms with van der Waals surface area (Å²) in [4.78, 5) is 72.4. The van der Waals surface area contributed by atoms with Crippen LogP contribution in [0.15, 0.2) is 0 Å². The summed E-state index contributed by atoms with van der Waals surface area (Å²) in [5, 5.41) is 10.6. The van der Waals surface area contributed by atoms with Gasteiger partial charge in [0, 0.05) is 25.7 Å². The Labute approximate surface area is 543 Å². The standard InChI is InChI=1S/C70H136O17P2/c1-6-9-12-15-18-21-23-25-27-28-29-31-33-36-39-45-50-55-69(74)86-65(59-81-68(73)54-49-44-38-35-32-30-26-24-22-19-16-13-10-7-2)61-84-88(76,77)82-57-64(71)58-83-89(78,79)85-62-66(87-70(75)56-51-46-41-40-42-47-52-63(4)5)60-80-67(72)53-48-43-37-34-20-17-14-11-8-3/h63-66,71H,6-62H2,1-5H3,(H,76,77)(H,78,79)/t64-,65-,66-/m1/s1. The highest BCUT2D eigenvalue weighted by atomic mass is 31.2. The fraction of sp³-hybridized carbons (Fsp3) is 0.943. The number of esters is 4. The van der Waals surface area contributed by atoms with Gasteiger partial charge in [-0.3, -0.25) is 37.3 Å². The van der Waals surface area contributed by atoms with Crippen LogP contribution in [-0.2, 0) is 65.4 Å². The van der Waals surface area contributed by atoms with Gasteiger partial charge in [-0.2, -0.15) is 0 Å². The summed E-state index contributed by atoms with van der Waals surface area (Å²) in [6.07, 6.45) is 50.1. The molecular formula is C70H136O17P2. The number of ether oxygens (including phenoxy) is 4. The first-order valence-electron chi connectivity index (χ1n) is 36.6. The van der Waals surface area contributed by atoms with Crippen LogP contribution in [0.4, 0.5) is 0 Å². The second-order valence-electron chi connectivity index (χ2n) is 25.7. The number of hydrogen-bond donors (Lipinski definition) is 3. The number of phosphoric acid groups is 2. The average Bonchev–Trinajstić information content (AvgIpc) is 3.67. The molecule has 0 rings (SSSR count). The number of aliphatic hydroxyl groups is 1. The van der Waals surface area contributed by atoms with Gasteiger partial charge in [0.05, 0.1) is 26.4 Å². The SMILES string of the molecule is CCCCCCCCCCCCCCCCCCCC(=O)O[C@H](COC(=O)CCCCCCCCCCCCCCCC)COP(=O)(O)OC[C@@H](O)COP(=O)(O)OC[C@@H](COC(=O)CCCCCCCCCCC)OC(=O)CCCCCCCCC(C)C. The summed E-state index contributed by atoms with van der Waals surface area (Å²) in [6, 6.07) is 0. The number of rotatable bonds is 70. The molecule has 0 saturated carbocycles. The molecule has 89 heavy (non-hydrogen) atoms. The van der Waals surface area contributed by atoms with E-state index < -0.39 is 97.5 Å². The molecule has 0 aliphatic heterocycles. The number of phosphoric ester groups is 2. The third-order valence-electron chi connectivity index (χ3n) is 16.3. The molecule has 3 N–H and O–H groups in total. The third kappa shape index (κ3) is 64.6. The lowest BCUT2D eigenvalue weighted by molar-refractivity contribution is -0.161. The van der Waals surface area contributed by atoms with Crippen LogP contribution in [0.2, 0.25) is 0 Å². The molecule has 5 atom stereocenters. The molecule has 0 aromatic rings. The van der Waals surface area contributed by atoms with Crippen molar-refractivity contribution in [3.8, 4) is 0 Å². The highest BCUT2D eigenvalue weighted by Crippen LogP contribution is 2.45. The Morgan fingerprint density at radius 1 is 0.303 bits per heavy atom. The minimum absolute atomic E-state index is 0.102. The highest BCUT2D eigenvalue weighted by molar-refractivity contribution is 7.47. The maximum Gasteiger partial charge on any atom is 0.472 e. The fourth-order valence-electron chi connectivity index (χ4n) is 10.6. The third-order valence-corrected chi connectivity index (χ3v) is 18.2. The van der Waals surface area contributed by atoms with E-state index in [9.17, 15) is 43.2 Å². The van der Waals surface area contributed by atoms with Gasteiger partial charge in [-0.15, -0.1) is 0 Å². The van der Waals surface area contributed by atoms with Crippen molar-refractivity contribution in [2.45, 2.75) is 380 Å². The van der Waals surface area contributed by atoms with Crippen LogP contribution in [-0.4, -0.2) is 96.7 Å². The van der Waals surface area contributed by atoms with Crippen molar-refractivity contribution < 1.29 is 80.2 Å². The molecule has 0 bridgehead atoms. The quantitative estimate of drug-likeness (QED) is 0.0222. The van der Waals surface area contributed by atoms with Crippen molar-refractivity contribution in [1.82, 2.24) is 0 Å². The maximum absolute atomic E-state index is 13.0. The van der Waals surface area contributed by atoms with Crippen LogP contribution in [0.25, 0.3) is 0 Å². The van der Waals surface area contributed by atoms with Crippen molar-refractivity contribution in [3.63, 3.8) is 0 Å². The topological polar surface area (TPSA) is 237 Å². The van der Waals surface area contributed by atoms with E-state index in [0.29, 0.717) is 31.6 Å². The smallest absolute Gasteiger partial charge is 0.462 e. The summed E-state index contributed by atoms with van der Waals surface area (Å²) in [6.45, 7) is 7.14. The lowest BCUT2D eigenvalue weighted by Crippen LogP contribution is -2.30. The van der Waals surface area contributed by atoms with E-state index in [4.69, 9.17) is 37.0 Å². The van der Waals surface area contributed by atoms with Gasteiger partial charge in [0.1, 0.15) is 19.3 Å². The number of hydrogen-bond acceptors (Lipinski definition) is 15. The summed E-state index contributed by atoms with van der Waals surface area (Å²) < 4.78 is 68.2. The first-order chi connectivity index (χ1) is 43.0. The van der Waals surface area contributed by atoms with Gasteiger partial charge in [-0.25, -0.2) is 9.13 Å². The van der Waals surface area contributed by atoms with Crippen molar-refractivity contribution in [1.29, 1.82) is 0 Å². The first-order valence-corrected chi connectivity index (χ1v) is 39.6. The van der Waals surface area contributed by atoms with Gasteiger partial charge in [0.15, 0.2) is 12.2 Å². The van der Waals surface area contributed by atoms with Crippen LogP contribution >= 0.6 is 15.6 Å². The summed E-state index contributed by atoms with van der Waals surface area (Å²) in [5.74, 6) is -1.46. The van der Waals surface area contributed by atoms with Gasteiger partial charge in [-0.1, -0.05) is 311 Å². The number of carbonyl (C=O) groups excluding carboxylic acids is 4. The van der Waals surface area contributed by atoms with E-state index in [-0.39, 0.29) is 25.7 Å². The van der Waals surface area contributed by atoms with E-state index >= 15 is 0 Å². The van der Waals surface area contributed by atoms with E-state index in [1.165, 1.54) is 186 Å². The summed E-state index contributed by atoms with van der Waals surface area (Å²) >= 11 is 0. The van der Waals surface area contributed by atoms with E-state index in [2.05, 4.69) is 34.6 Å². The largest absolute Gasteiger partial charge is 0.472 e. The molecule has 0 fully saturated rings. The zero-order chi connectivity index (χ0) is 65.6. The van der Waals surface area contributed by atoms with Crippen molar-refractivity contribution in [3.05, 3.63) is 0 Å². The van der Waals surface area contributed by atoms with Crippen LogP contribution in [0, 0.1) is 5.92 Å². The summed E-state index contributed by atoms with van der Waals surface area (Å²) in [7, 11) is -9.89. The Morgan fingerprint density at radius 3 is 0.764 bits per heavy atom. The molecule has 0 saturated heterocycles. The molecule has 19 heteroatoms. The molecule has 0 aromatic carbocycles.